The van der Waals surface area contributed by atoms with Gasteiger partial charge in [-0.05, 0) is 24.3 Å². The predicted molar refractivity (Wildman–Crippen MR) is 74.6 cm³/mol. The molecule has 1 saturated heterocycles. The number of aromatic amines is 1. The second kappa shape index (κ2) is 5.33. The molecule has 0 bridgehead atoms. The molecule has 0 spiro atoms. The van der Waals surface area contributed by atoms with Crippen LogP contribution in [0.15, 0.2) is 12.3 Å². The Morgan fingerprint density at radius 3 is 2.89 bits per heavy atom. The lowest BCUT2D eigenvalue weighted by Gasteiger charge is -2.36. The standard InChI is InChI=1S/C14H24N4O/c1-14(2,3)12(15)13(19)18-8-4-5-10(9-18)11-6-7-16-17-11/h6-7,10,12H,4-5,8-9,15H2,1-3H3,(H,16,17)/t10?,12-/m0/s1. The van der Waals surface area contributed by atoms with E-state index in [1.807, 2.05) is 31.7 Å². The maximum absolute atomic E-state index is 12.4. The molecule has 2 heterocycles. The number of hydrogen-bond donors (Lipinski definition) is 2. The van der Waals surface area contributed by atoms with Gasteiger partial charge < -0.3 is 10.6 Å². The highest BCUT2D eigenvalue weighted by molar-refractivity contribution is 5.82. The monoisotopic (exact) mass is 264 g/mol. The number of hydrogen-bond acceptors (Lipinski definition) is 3. The van der Waals surface area contributed by atoms with Crippen molar-refractivity contribution in [2.45, 2.75) is 45.6 Å². The van der Waals surface area contributed by atoms with Crippen molar-refractivity contribution >= 4 is 5.91 Å². The lowest BCUT2D eigenvalue weighted by molar-refractivity contribution is -0.136. The van der Waals surface area contributed by atoms with Gasteiger partial charge in [0, 0.05) is 30.9 Å². The van der Waals surface area contributed by atoms with Crippen LogP contribution in [0.4, 0.5) is 0 Å². The first kappa shape index (κ1) is 14.1. The number of piperidine rings is 1. The summed E-state index contributed by atoms with van der Waals surface area (Å²) in [6, 6.07) is 1.55. The molecule has 3 N–H and O–H groups in total. The molecule has 5 nitrogen and oxygen atoms in total. The van der Waals surface area contributed by atoms with Crippen molar-refractivity contribution in [1.29, 1.82) is 0 Å². The van der Waals surface area contributed by atoms with Crippen molar-refractivity contribution < 1.29 is 4.79 Å². The van der Waals surface area contributed by atoms with Crippen LogP contribution in [-0.4, -0.2) is 40.1 Å². The van der Waals surface area contributed by atoms with Crippen LogP contribution in [0.2, 0.25) is 0 Å². The van der Waals surface area contributed by atoms with Gasteiger partial charge in [-0.1, -0.05) is 20.8 Å². The number of nitrogens with one attached hydrogen (secondary N) is 1. The van der Waals surface area contributed by atoms with Crippen LogP contribution in [0, 0.1) is 5.41 Å². The van der Waals surface area contributed by atoms with Crippen molar-refractivity contribution in [1.82, 2.24) is 15.1 Å². The van der Waals surface area contributed by atoms with Crippen LogP contribution < -0.4 is 5.73 Å². The van der Waals surface area contributed by atoms with Gasteiger partial charge in [-0.3, -0.25) is 9.89 Å². The lowest BCUT2D eigenvalue weighted by atomic mass is 9.85. The van der Waals surface area contributed by atoms with E-state index in [9.17, 15) is 4.79 Å². The highest BCUT2D eigenvalue weighted by Crippen LogP contribution is 2.27. The smallest absolute Gasteiger partial charge is 0.240 e. The van der Waals surface area contributed by atoms with Crippen molar-refractivity contribution in [3.8, 4) is 0 Å². The van der Waals surface area contributed by atoms with E-state index in [0.29, 0.717) is 5.92 Å². The summed E-state index contributed by atoms with van der Waals surface area (Å²) in [6.07, 6.45) is 3.88. The highest BCUT2D eigenvalue weighted by atomic mass is 16.2. The Bertz CT molecular complexity index is 421. The number of carbonyl (C=O) groups is 1. The lowest BCUT2D eigenvalue weighted by Crippen LogP contribution is -2.52. The summed E-state index contributed by atoms with van der Waals surface area (Å²) in [5.74, 6) is 0.420. The third-order valence-corrected chi connectivity index (χ3v) is 3.89. The Morgan fingerprint density at radius 2 is 2.32 bits per heavy atom. The molecule has 1 aromatic rings. The van der Waals surface area contributed by atoms with E-state index in [0.717, 1.165) is 31.6 Å². The SMILES string of the molecule is CC(C)(C)[C@@H](N)C(=O)N1CCCC(c2ccn[nH]2)C1. The van der Waals surface area contributed by atoms with Crippen molar-refractivity contribution in [3.63, 3.8) is 0 Å². The zero-order valence-corrected chi connectivity index (χ0v) is 12.0. The maximum Gasteiger partial charge on any atom is 0.240 e. The number of rotatable bonds is 2. The summed E-state index contributed by atoms with van der Waals surface area (Å²) in [5.41, 5.74) is 6.99. The number of H-pyrrole nitrogens is 1. The Morgan fingerprint density at radius 1 is 1.58 bits per heavy atom. The van der Waals surface area contributed by atoms with Gasteiger partial charge in [0.15, 0.2) is 0 Å². The van der Waals surface area contributed by atoms with E-state index in [2.05, 4.69) is 10.2 Å². The first-order valence-electron chi connectivity index (χ1n) is 6.93. The number of nitrogens with two attached hydrogens (primary N) is 1. The second-order valence-corrected chi connectivity index (χ2v) is 6.48. The minimum atomic E-state index is -0.437. The number of likely N-dealkylation sites (tertiary alicyclic amines) is 1. The highest BCUT2D eigenvalue weighted by Gasteiger charge is 2.33. The molecular formula is C14H24N4O. The molecule has 1 amide bonds. The molecule has 19 heavy (non-hydrogen) atoms. The van der Waals surface area contributed by atoms with Gasteiger partial charge in [-0.2, -0.15) is 5.10 Å². The van der Waals surface area contributed by atoms with Gasteiger partial charge in [-0.25, -0.2) is 0 Å². The van der Waals surface area contributed by atoms with E-state index >= 15 is 0 Å². The molecule has 1 aliphatic heterocycles. The number of aromatic nitrogens is 2. The number of carbonyl (C=O) groups excluding carboxylic acids is 1. The molecule has 1 aromatic heterocycles. The van der Waals surface area contributed by atoms with E-state index < -0.39 is 6.04 Å². The molecule has 0 aromatic carbocycles. The average Bonchev–Trinajstić information content (AvgIpc) is 2.90. The minimum absolute atomic E-state index is 0.0664. The van der Waals surface area contributed by atoms with Gasteiger partial charge in [0.1, 0.15) is 0 Å². The molecule has 1 fully saturated rings. The van der Waals surface area contributed by atoms with Crippen LogP contribution in [0.25, 0.3) is 0 Å². The summed E-state index contributed by atoms with van der Waals surface area (Å²) in [6.45, 7) is 7.57. The third kappa shape index (κ3) is 3.15. The van der Waals surface area contributed by atoms with E-state index in [1.165, 1.54) is 0 Å². The summed E-state index contributed by atoms with van der Waals surface area (Å²) in [4.78, 5) is 14.3. The fourth-order valence-corrected chi connectivity index (χ4v) is 2.49. The molecule has 2 atom stereocenters. The van der Waals surface area contributed by atoms with Gasteiger partial charge in [0.2, 0.25) is 5.91 Å². The topological polar surface area (TPSA) is 75.0 Å². The molecule has 5 heteroatoms. The summed E-state index contributed by atoms with van der Waals surface area (Å²) >= 11 is 0. The predicted octanol–water partition coefficient (Wildman–Crippen LogP) is 1.49. The van der Waals surface area contributed by atoms with Crippen molar-refractivity contribution in [2.75, 3.05) is 13.1 Å². The molecule has 1 unspecified atom stereocenters. The molecule has 2 rings (SSSR count). The van der Waals surface area contributed by atoms with Crippen LogP contribution in [-0.2, 0) is 4.79 Å². The van der Waals surface area contributed by atoms with Crippen LogP contribution in [0.3, 0.4) is 0 Å². The first-order valence-corrected chi connectivity index (χ1v) is 6.93. The largest absolute Gasteiger partial charge is 0.341 e. The van der Waals surface area contributed by atoms with E-state index in [1.54, 1.807) is 6.20 Å². The quantitative estimate of drug-likeness (QED) is 0.849. The summed E-state index contributed by atoms with van der Waals surface area (Å²) in [5, 5.41) is 7.00. The Balaban J connectivity index is 2.03. The zero-order valence-electron chi connectivity index (χ0n) is 12.0. The average molecular weight is 264 g/mol. The van der Waals surface area contributed by atoms with Crippen LogP contribution in [0.1, 0.15) is 45.2 Å². The Kier molecular flexibility index (Phi) is 3.94. The van der Waals surface area contributed by atoms with Gasteiger partial charge in [-0.15, -0.1) is 0 Å². The molecule has 1 aliphatic rings. The third-order valence-electron chi connectivity index (χ3n) is 3.89. The fourth-order valence-electron chi connectivity index (χ4n) is 2.49. The maximum atomic E-state index is 12.4. The Labute approximate surface area is 114 Å². The summed E-state index contributed by atoms with van der Waals surface area (Å²) < 4.78 is 0. The van der Waals surface area contributed by atoms with Crippen LogP contribution >= 0.6 is 0 Å². The second-order valence-electron chi connectivity index (χ2n) is 6.48. The number of amides is 1. The molecule has 0 saturated carbocycles. The molecular weight excluding hydrogens is 240 g/mol. The molecule has 0 aliphatic carbocycles. The van der Waals surface area contributed by atoms with Crippen LogP contribution in [0.5, 0.6) is 0 Å². The van der Waals surface area contributed by atoms with E-state index in [-0.39, 0.29) is 11.3 Å². The summed E-state index contributed by atoms with van der Waals surface area (Å²) in [7, 11) is 0. The zero-order chi connectivity index (χ0) is 14.0. The van der Waals surface area contributed by atoms with Crippen molar-refractivity contribution in [3.05, 3.63) is 18.0 Å². The number of nitrogens with zero attached hydrogens (tertiary/aromatic N) is 2. The molecule has 106 valence electrons. The van der Waals surface area contributed by atoms with Crippen molar-refractivity contribution in [2.24, 2.45) is 11.1 Å². The minimum Gasteiger partial charge on any atom is -0.341 e. The molecule has 0 radical (unpaired) electrons. The first-order chi connectivity index (χ1) is 8.89. The van der Waals surface area contributed by atoms with Gasteiger partial charge >= 0.3 is 0 Å². The van der Waals surface area contributed by atoms with Gasteiger partial charge in [0.25, 0.3) is 0 Å². The fraction of sp³-hybridized carbons (Fsp3) is 0.714. The Hall–Kier alpha value is -1.36. The van der Waals surface area contributed by atoms with Gasteiger partial charge in [0.05, 0.1) is 6.04 Å². The van der Waals surface area contributed by atoms with E-state index in [4.69, 9.17) is 5.73 Å². The normalized spacial score (nSPS) is 22.3.